The van der Waals surface area contributed by atoms with Gasteiger partial charge in [-0.05, 0) is 39.8 Å². The van der Waals surface area contributed by atoms with Crippen molar-refractivity contribution in [2.24, 2.45) is 0 Å². The van der Waals surface area contributed by atoms with E-state index in [1.54, 1.807) is 4.68 Å². The van der Waals surface area contributed by atoms with Crippen LogP contribution in [0.5, 0.6) is 0 Å². The number of nitrogens with zero attached hydrogens (tertiary/aromatic N) is 2. The molecule has 0 aromatic carbocycles. The van der Waals surface area contributed by atoms with Crippen molar-refractivity contribution in [1.29, 1.82) is 0 Å². The van der Waals surface area contributed by atoms with Crippen molar-refractivity contribution in [2.75, 3.05) is 6.61 Å². The van der Waals surface area contributed by atoms with Crippen LogP contribution in [0.4, 0.5) is 0 Å². The average Bonchev–Trinajstić information content (AvgIpc) is 2.88. The lowest BCUT2D eigenvalue weighted by Crippen LogP contribution is -2.41. The first-order chi connectivity index (χ1) is 9.71. The second kappa shape index (κ2) is 6.24. The number of ether oxygens (including phenoxy) is 1. The van der Waals surface area contributed by atoms with Crippen LogP contribution in [0.25, 0.3) is 0 Å². The van der Waals surface area contributed by atoms with Gasteiger partial charge in [0.1, 0.15) is 6.73 Å². The zero-order chi connectivity index (χ0) is 15.7. The fraction of sp³-hybridized carbons (Fsp3) is 0.786. The first kappa shape index (κ1) is 16.7. The van der Waals surface area contributed by atoms with E-state index in [1.165, 1.54) is 6.04 Å². The Morgan fingerprint density at radius 1 is 1.24 bits per heavy atom. The van der Waals surface area contributed by atoms with Crippen LogP contribution in [0, 0.1) is 0 Å². The molecule has 0 aliphatic carbocycles. The molecule has 7 heteroatoms. The molecule has 0 radical (unpaired) electrons. The Bertz CT molecular complexity index is 461. The Morgan fingerprint density at radius 3 is 2.43 bits per heavy atom. The molecule has 21 heavy (non-hydrogen) atoms. The molecule has 1 fully saturated rings. The largest absolute Gasteiger partial charge is 0.516 e. The number of rotatable bonds is 6. The van der Waals surface area contributed by atoms with E-state index in [0.717, 1.165) is 12.2 Å². The van der Waals surface area contributed by atoms with E-state index in [2.05, 4.69) is 18.2 Å². The normalized spacial score (nSPS) is 20.4. The first-order valence-corrected chi connectivity index (χ1v) is 10.8. The summed E-state index contributed by atoms with van der Waals surface area (Å²) in [6.07, 6.45) is 1.91. The summed E-state index contributed by atoms with van der Waals surface area (Å²) >= 11 is 0. The first-order valence-electron chi connectivity index (χ1n) is 7.68. The molecule has 2 rings (SSSR count). The Balaban J connectivity index is 1.89. The van der Waals surface area contributed by atoms with Gasteiger partial charge in [0.2, 0.25) is 0 Å². The topological polar surface area (TPSA) is 45.5 Å². The molecule has 0 unspecified atom stereocenters. The molecule has 0 N–H and O–H groups in total. The lowest BCUT2D eigenvalue weighted by atomic mass is 9.85. The zero-order valence-corrected chi connectivity index (χ0v) is 15.2. The summed E-state index contributed by atoms with van der Waals surface area (Å²) in [5.74, 6) is 0. The van der Waals surface area contributed by atoms with Gasteiger partial charge in [0.15, 0.2) is 0 Å². The molecule has 0 bridgehead atoms. The summed E-state index contributed by atoms with van der Waals surface area (Å²) in [5, 5.41) is 4.49. The van der Waals surface area contributed by atoms with E-state index in [0.29, 0.717) is 6.73 Å². The Kier molecular flexibility index (Phi) is 4.97. The fourth-order valence-electron chi connectivity index (χ4n) is 2.02. The van der Waals surface area contributed by atoms with Crippen LogP contribution >= 0.6 is 0 Å². The predicted octanol–water partition coefficient (Wildman–Crippen LogP) is 1.64. The molecule has 0 amide bonds. The zero-order valence-electron chi connectivity index (χ0n) is 14.0. The average molecular weight is 310 g/mol. The molecule has 0 atom stereocenters. The number of hydrogen-bond donors (Lipinski definition) is 0. The fourth-order valence-corrected chi connectivity index (χ4v) is 2.65. The van der Waals surface area contributed by atoms with Crippen LogP contribution in [0.15, 0.2) is 12.3 Å². The van der Waals surface area contributed by atoms with E-state index >= 15 is 0 Å². The van der Waals surface area contributed by atoms with Gasteiger partial charge in [-0.3, -0.25) is 0 Å². The van der Waals surface area contributed by atoms with Crippen molar-refractivity contribution in [3.8, 4) is 0 Å². The minimum absolute atomic E-state index is 0.333. The van der Waals surface area contributed by atoms with Crippen molar-refractivity contribution in [3.63, 3.8) is 0 Å². The van der Waals surface area contributed by atoms with Gasteiger partial charge in [-0.15, -0.1) is 0 Å². The van der Waals surface area contributed by atoms with E-state index in [9.17, 15) is 0 Å². The molecule has 1 aliphatic heterocycles. The standard InChI is InChI=1S/C14H27BN2O3Si/c1-13(2)14(3,4)20-15(19-13)12-7-8-17(16-12)11-18-9-10-21(5)6/h7-8,21H,9-11H2,1-6H3. The highest BCUT2D eigenvalue weighted by Gasteiger charge is 2.52. The van der Waals surface area contributed by atoms with E-state index in [-0.39, 0.29) is 11.2 Å². The summed E-state index contributed by atoms with van der Waals surface area (Å²) in [5.41, 5.74) is 0.134. The number of hydrogen-bond acceptors (Lipinski definition) is 4. The maximum Gasteiger partial charge on any atom is 0.516 e. The minimum atomic E-state index is -0.533. The number of aromatic nitrogens is 2. The lowest BCUT2D eigenvalue weighted by molar-refractivity contribution is 0.00578. The molecule has 118 valence electrons. The molecular weight excluding hydrogens is 283 g/mol. The Hall–Kier alpha value is -0.628. The molecule has 1 aromatic heterocycles. The summed E-state index contributed by atoms with van der Waals surface area (Å²) in [6.45, 7) is 14.1. The molecule has 0 saturated carbocycles. The highest BCUT2D eigenvalue weighted by molar-refractivity contribution is 6.61. The third-order valence-corrected chi connectivity index (χ3v) is 5.61. The van der Waals surface area contributed by atoms with Gasteiger partial charge in [0.05, 0.1) is 16.8 Å². The summed E-state index contributed by atoms with van der Waals surface area (Å²) in [4.78, 5) is 0. The molecule has 1 aromatic rings. The quantitative estimate of drug-likeness (QED) is 0.592. The van der Waals surface area contributed by atoms with Gasteiger partial charge >= 0.3 is 7.12 Å². The van der Waals surface area contributed by atoms with E-state index in [1.807, 2.05) is 40.0 Å². The smallest absolute Gasteiger partial charge is 0.398 e. The van der Waals surface area contributed by atoms with Crippen LogP contribution in [-0.2, 0) is 20.8 Å². The van der Waals surface area contributed by atoms with E-state index < -0.39 is 15.9 Å². The van der Waals surface area contributed by atoms with Crippen LogP contribution < -0.4 is 5.59 Å². The predicted molar refractivity (Wildman–Crippen MR) is 87.6 cm³/mol. The molecule has 5 nitrogen and oxygen atoms in total. The summed E-state index contributed by atoms with van der Waals surface area (Å²) in [6, 6.07) is 3.13. The monoisotopic (exact) mass is 310 g/mol. The van der Waals surface area contributed by atoms with Gasteiger partial charge in [-0.2, -0.15) is 5.10 Å². The van der Waals surface area contributed by atoms with Gasteiger partial charge in [-0.1, -0.05) is 13.1 Å². The van der Waals surface area contributed by atoms with Gasteiger partial charge in [-0.25, -0.2) is 4.68 Å². The molecular formula is C14H27BN2O3Si. The Labute approximate surface area is 129 Å². The maximum atomic E-state index is 5.99. The van der Waals surface area contributed by atoms with Gasteiger partial charge in [0.25, 0.3) is 0 Å². The van der Waals surface area contributed by atoms with Gasteiger partial charge < -0.3 is 14.0 Å². The molecule has 0 spiro atoms. The maximum absolute atomic E-state index is 5.99. The SMILES string of the molecule is C[SiH](C)CCOCn1ccc(B2OC(C)(C)C(C)(C)O2)n1. The van der Waals surface area contributed by atoms with E-state index in [4.69, 9.17) is 14.0 Å². The van der Waals surface area contributed by atoms with Crippen LogP contribution in [0.2, 0.25) is 19.1 Å². The molecule has 1 saturated heterocycles. The second-order valence-corrected chi connectivity index (χ2v) is 10.5. The minimum Gasteiger partial charge on any atom is -0.398 e. The third-order valence-electron chi connectivity index (χ3n) is 4.22. The summed E-state index contributed by atoms with van der Waals surface area (Å²) in [7, 11) is -0.937. The third kappa shape index (κ3) is 3.97. The van der Waals surface area contributed by atoms with Crippen molar-refractivity contribution >= 4 is 21.5 Å². The lowest BCUT2D eigenvalue weighted by Gasteiger charge is -2.32. The molecule has 1 aliphatic rings. The summed E-state index contributed by atoms with van der Waals surface area (Å²) < 4.78 is 19.4. The van der Waals surface area contributed by atoms with Crippen molar-refractivity contribution in [3.05, 3.63) is 12.3 Å². The van der Waals surface area contributed by atoms with Gasteiger partial charge in [0, 0.05) is 21.6 Å². The van der Waals surface area contributed by atoms with Crippen molar-refractivity contribution < 1.29 is 14.0 Å². The second-order valence-electron chi connectivity index (χ2n) is 7.09. The van der Waals surface area contributed by atoms with Crippen molar-refractivity contribution in [1.82, 2.24) is 9.78 Å². The Morgan fingerprint density at radius 2 is 1.86 bits per heavy atom. The van der Waals surface area contributed by atoms with Crippen LogP contribution in [0.3, 0.4) is 0 Å². The van der Waals surface area contributed by atoms with Crippen LogP contribution in [0.1, 0.15) is 27.7 Å². The highest BCUT2D eigenvalue weighted by Crippen LogP contribution is 2.36. The highest BCUT2D eigenvalue weighted by atomic mass is 28.3. The van der Waals surface area contributed by atoms with Crippen LogP contribution in [-0.4, -0.2) is 43.5 Å². The molecule has 2 heterocycles. The van der Waals surface area contributed by atoms with Crippen molar-refractivity contribution in [2.45, 2.75) is 64.8 Å².